The zero-order chi connectivity index (χ0) is 17.9. The predicted octanol–water partition coefficient (Wildman–Crippen LogP) is 3.26. The molecule has 3 aromatic rings. The van der Waals surface area contributed by atoms with Crippen molar-refractivity contribution in [3.8, 4) is 16.9 Å². The van der Waals surface area contributed by atoms with Crippen LogP contribution in [0, 0.1) is 6.92 Å². The minimum Gasteiger partial charge on any atom is -0.497 e. The Morgan fingerprint density at radius 3 is 2.04 bits per heavy atom. The fourth-order valence-corrected chi connectivity index (χ4v) is 3.17. The van der Waals surface area contributed by atoms with Gasteiger partial charge in [-0.15, -0.1) is 0 Å². The first-order chi connectivity index (χ1) is 12.0. The summed E-state index contributed by atoms with van der Waals surface area (Å²) in [4.78, 5) is 8.35. The minimum atomic E-state index is -3.71. The summed E-state index contributed by atoms with van der Waals surface area (Å²) in [5.41, 5.74) is 2.67. The molecule has 1 heterocycles. The third-order valence-corrected chi connectivity index (χ3v) is 4.98. The number of hydrogen-bond donors (Lipinski definition) is 1. The van der Waals surface area contributed by atoms with Gasteiger partial charge in [-0.3, -0.25) is 0 Å². The van der Waals surface area contributed by atoms with Crippen molar-refractivity contribution in [3.63, 3.8) is 0 Å². The van der Waals surface area contributed by atoms with E-state index in [9.17, 15) is 8.42 Å². The van der Waals surface area contributed by atoms with Crippen molar-refractivity contribution in [2.45, 2.75) is 11.8 Å². The molecule has 0 amide bonds. The van der Waals surface area contributed by atoms with Gasteiger partial charge in [0.1, 0.15) is 5.75 Å². The van der Waals surface area contributed by atoms with E-state index in [-0.39, 0.29) is 10.8 Å². The van der Waals surface area contributed by atoms with Gasteiger partial charge in [-0.05, 0) is 36.8 Å². The van der Waals surface area contributed by atoms with Gasteiger partial charge < -0.3 is 4.74 Å². The van der Waals surface area contributed by atoms with Crippen LogP contribution in [-0.4, -0.2) is 25.5 Å². The van der Waals surface area contributed by atoms with Gasteiger partial charge in [-0.2, -0.15) is 0 Å². The van der Waals surface area contributed by atoms with Crippen molar-refractivity contribution in [2.24, 2.45) is 0 Å². The van der Waals surface area contributed by atoms with Gasteiger partial charge in [0, 0.05) is 18.0 Å². The summed E-state index contributed by atoms with van der Waals surface area (Å²) in [6.07, 6.45) is 3.14. The average molecular weight is 355 g/mol. The fourth-order valence-electron chi connectivity index (χ4n) is 2.21. The maximum absolute atomic E-state index is 12.3. The van der Waals surface area contributed by atoms with Crippen molar-refractivity contribution >= 4 is 16.0 Å². The van der Waals surface area contributed by atoms with Gasteiger partial charge >= 0.3 is 0 Å². The molecule has 1 N–H and O–H groups in total. The lowest BCUT2D eigenvalue weighted by Crippen LogP contribution is -2.14. The summed E-state index contributed by atoms with van der Waals surface area (Å²) >= 11 is 0. The van der Waals surface area contributed by atoms with E-state index < -0.39 is 10.0 Å². The van der Waals surface area contributed by atoms with Crippen molar-refractivity contribution in [2.75, 3.05) is 11.8 Å². The average Bonchev–Trinajstić information content (AvgIpc) is 2.62. The summed E-state index contributed by atoms with van der Waals surface area (Å²) in [6, 6.07) is 14.0. The normalized spacial score (nSPS) is 11.1. The standard InChI is InChI=1S/C18H17N3O3S/c1-13-3-9-17(10-4-13)25(22,23)21-18-19-11-15(12-20-18)14-5-7-16(24-2)8-6-14/h3-12H,1-2H3,(H,19,20,21). The van der Waals surface area contributed by atoms with Crippen LogP contribution in [0.5, 0.6) is 5.75 Å². The van der Waals surface area contributed by atoms with Crippen molar-refractivity contribution < 1.29 is 13.2 Å². The molecule has 1 aromatic heterocycles. The van der Waals surface area contributed by atoms with Crippen LogP contribution in [0.1, 0.15) is 5.56 Å². The zero-order valence-electron chi connectivity index (χ0n) is 13.8. The molecule has 2 aromatic carbocycles. The second-order valence-corrected chi connectivity index (χ2v) is 7.12. The predicted molar refractivity (Wildman–Crippen MR) is 96.0 cm³/mol. The molecule has 7 heteroatoms. The Morgan fingerprint density at radius 2 is 1.48 bits per heavy atom. The molecular formula is C18H17N3O3S. The first kappa shape index (κ1) is 16.9. The van der Waals surface area contributed by atoms with Gasteiger partial charge in [0.2, 0.25) is 5.95 Å². The first-order valence-corrected chi connectivity index (χ1v) is 9.02. The molecule has 3 rings (SSSR count). The summed E-state index contributed by atoms with van der Waals surface area (Å²) in [7, 11) is -2.10. The molecule has 128 valence electrons. The van der Waals surface area contributed by atoms with Crippen LogP contribution in [0.15, 0.2) is 65.8 Å². The number of sulfonamides is 1. The second-order valence-electron chi connectivity index (χ2n) is 5.44. The summed E-state index contributed by atoms with van der Waals surface area (Å²) in [5.74, 6) is 0.782. The summed E-state index contributed by atoms with van der Waals surface area (Å²) < 4.78 is 32.2. The van der Waals surface area contributed by atoms with Crippen LogP contribution in [0.25, 0.3) is 11.1 Å². The van der Waals surface area contributed by atoms with Crippen LogP contribution < -0.4 is 9.46 Å². The van der Waals surface area contributed by atoms with Gasteiger partial charge in [0.25, 0.3) is 10.0 Å². The number of benzene rings is 2. The Kier molecular flexibility index (Phi) is 4.67. The lowest BCUT2D eigenvalue weighted by Gasteiger charge is -2.08. The van der Waals surface area contributed by atoms with E-state index in [0.29, 0.717) is 0 Å². The van der Waals surface area contributed by atoms with Crippen LogP contribution in [0.2, 0.25) is 0 Å². The van der Waals surface area contributed by atoms with Crippen LogP contribution in [-0.2, 0) is 10.0 Å². The SMILES string of the molecule is COc1ccc(-c2cnc(NS(=O)(=O)c3ccc(C)cc3)nc2)cc1. The molecule has 0 atom stereocenters. The first-order valence-electron chi connectivity index (χ1n) is 7.54. The van der Waals surface area contributed by atoms with E-state index in [1.807, 2.05) is 31.2 Å². The van der Waals surface area contributed by atoms with E-state index in [1.54, 1.807) is 43.8 Å². The molecule has 0 aliphatic rings. The Labute approximate surface area is 146 Å². The van der Waals surface area contributed by atoms with Crippen LogP contribution >= 0.6 is 0 Å². The fraction of sp³-hybridized carbons (Fsp3) is 0.111. The number of rotatable bonds is 5. The van der Waals surface area contributed by atoms with E-state index in [4.69, 9.17) is 4.74 Å². The maximum Gasteiger partial charge on any atom is 0.264 e. The third kappa shape index (κ3) is 3.95. The Balaban J connectivity index is 1.79. The number of ether oxygens (including phenoxy) is 1. The highest BCUT2D eigenvalue weighted by atomic mass is 32.2. The number of nitrogens with zero attached hydrogens (tertiary/aromatic N) is 2. The number of methoxy groups -OCH3 is 1. The van der Waals surface area contributed by atoms with Crippen LogP contribution in [0.3, 0.4) is 0 Å². The zero-order valence-corrected chi connectivity index (χ0v) is 14.6. The van der Waals surface area contributed by atoms with E-state index in [0.717, 1.165) is 22.4 Å². The van der Waals surface area contributed by atoms with E-state index in [2.05, 4.69) is 14.7 Å². The number of nitrogens with one attached hydrogen (secondary N) is 1. The number of aryl methyl sites for hydroxylation is 1. The largest absolute Gasteiger partial charge is 0.497 e. The Morgan fingerprint density at radius 1 is 0.880 bits per heavy atom. The van der Waals surface area contributed by atoms with E-state index in [1.165, 1.54) is 0 Å². The van der Waals surface area contributed by atoms with Gasteiger partial charge in [-0.1, -0.05) is 29.8 Å². The smallest absolute Gasteiger partial charge is 0.264 e. The third-order valence-electron chi connectivity index (χ3n) is 3.63. The van der Waals surface area contributed by atoms with Crippen molar-refractivity contribution in [3.05, 3.63) is 66.5 Å². The highest BCUT2D eigenvalue weighted by Crippen LogP contribution is 2.22. The molecule has 0 aliphatic heterocycles. The molecule has 0 saturated heterocycles. The highest BCUT2D eigenvalue weighted by molar-refractivity contribution is 7.92. The number of hydrogen-bond acceptors (Lipinski definition) is 5. The van der Waals surface area contributed by atoms with Crippen LogP contribution in [0.4, 0.5) is 5.95 Å². The quantitative estimate of drug-likeness (QED) is 0.760. The number of anilines is 1. The Hall–Kier alpha value is -2.93. The molecule has 0 bridgehead atoms. The highest BCUT2D eigenvalue weighted by Gasteiger charge is 2.15. The second kappa shape index (κ2) is 6.90. The number of aromatic nitrogens is 2. The molecular weight excluding hydrogens is 338 g/mol. The topological polar surface area (TPSA) is 81.2 Å². The minimum absolute atomic E-state index is 0.0258. The molecule has 0 unspecified atom stereocenters. The van der Waals surface area contributed by atoms with E-state index >= 15 is 0 Å². The van der Waals surface area contributed by atoms with Crippen molar-refractivity contribution in [1.29, 1.82) is 0 Å². The van der Waals surface area contributed by atoms with Gasteiger partial charge in [0.15, 0.2) is 0 Å². The van der Waals surface area contributed by atoms with Crippen molar-refractivity contribution in [1.82, 2.24) is 9.97 Å². The summed E-state index contributed by atoms with van der Waals surface area (Å²) in [6.45, 7) is 1.89. The molecule has 0 saturated carbocycles. The molecule has 0 spiro atoms. The monoisotopic (exact) mass is 355 g/mol. The lowest BCUT2D eigenvalue weighted by molar-refractivity contribution is 0.415. The molecule has 0 radical (unpaired) electrons. The molecule has 25 heavy (non-hydrogen) atoms. The molecule has 0 fully saturated rings. The van der Waals surface area contributed by atoms with Gasteiger partial charge in [-0.25, -0.2) is 23.1 Å². The Bertz CT molecular complexity index is 952. The lowest BCUT2D eigenvalue weighted by atomic mass is 10.1. The molecule has 6 nitrogen and oxygen atoms in total. The maximum atomic E-state index is 12.3. The van der Waals surface area contributed by atoms with Gasteiger partial charge in [0.05, 0.1) is 12.0 Å². The summed E-state index contributed by atoms with van der Waals surface area (Å²) in [5, 5.41) is 0. The molecule has 0 aliphatic carbocycles.